The molecule has 2 heterocycles. The van der Waals surface area contributed by atoms with Crippen LogP contribution in [0.1, 0.15) is 11.3 Å². The van der Waals surface area contributed by atoms with Gasteiger partial charge in [-0.15, -0.1) is 10.2 Å². The molecule has 0 fully saturated rings. The molecule has 0 amide bonds. The van der Waals surface area contributed by atoms with Gasteiger partial charge in [-0.25, -0.2) is 4.98 Å². The first kappa shape index (κ1) is 17.0. The van der Waals surface area contributed by atoms with Crippen molar-refractivity contribution < 1.29 is 4.74 Å². The average Bonchev–Trinajstić information content (AvgIpc) is 3.24. The zero-order valence-electron chi connectivity index (χ0n) is 15.7. The SMILES string of the molecule is COc1ccc(-c2nnc3c(C#Cc4ccccc4)nc4ccccc4n23)cc1. The summed E-state index contributed by atoms with van der Waals surface area (Å²) < 4.78 is 7.28. The van der Waals surface area contributed by atoms with E-state index in [1.165, 1.54) is 0 Å². The molecule has 0 N–H and O–H groups in total. The van der Waals surface area contributed by atoms with Crippen LogP contribution < -0.4 is 4.74 Å². The van der Waals surface area contributed by atoms with Gasteiger partial charge in [0.15, 0.2) is 17.2 Å². The summed E-state index contributed by atoms with van der Waals surface area (Å²) in [4.78, 5) is 4.74. The number of methoxy groups -OCH3 is 1. The van der Waals surface area contributed by atoms with E-state index in [9.17, 15) is 0 Å². The van der Waals surface area contributed by atoms with Crippen molar-refractivity contribution in [1.82, 2.24) is 19.6 Å². The van der Waals surface area contributed by atoms with Gasteiger partial charge in [-0.1, -0.05) is 36.3 Å². The quantitative estimate of drug-likeness (QED) is 0.430. The van der Waals surface area contributed by atoms with E-state index in [-0.39, 0.29) is 0 Å². The second-order valence-corrected chi connectivity index (χ2v) is 6.48. The van der Waals surface area contributed by atoms with Crippen molar-refractivity contribution >= 4 is 16.7 Å². The molecule has 0 bridgehead atoms. The first-order valence-electron chi connectivity index (χ1n) is 9.19. The summed E-state index contributed by atoms with van der Waals surface area (Å²) in [7, 11) is 1.65. The van der Waals surface area contributed by atoms with Gasteiger partial charge in [0.25, 0.3) is 0 Å². The van der Waals surface area contributed by atoms with Crippen molar-refractivity contribution in [2.45, 2.75) is 0 Å². The average molecular weight is 376 g/mol. The Morgan fingerprint density at radius 3 is 2.34 bits per heavy atom. The number of aromatic nitrogens is 4. The van der Waals surface area contributed by atoms with Crippen molar-refractivity contribution in [3.8, 4) is 29.0 Å². The number of benzene rings is 3. The number of rotatable bonds is 2. The van der Waals surface area contributed by atoms with Crippen LogP contribution in [-0.2, 0) is 0 Å². The summed E-state index contributed by atoms with van der Waals surface area (Å²) in [5, 5.41) is 8.87. The fourth-order valence-corrected chi connectivity index (χ4v) is 3.25. The molecule has 5 heteroatoms. The fraction of sp³-hybridized carbons (Fsp3) is 0.0417. The first-order valence-corrected chi connectivity index (χ1v) is 9.19. The smallest absolute Gasteiger partial charge is 0.196 e. The van der Waals surface area contributed by atoms with E-state index in [4.69, 9.17) is 9.72 Å². The molecule has 0 saturated carbocycles. The lowest BCUT2D eigenvalue weighted by Gasteiger charge is -2.06. The van der Waals surface area contributed by atoms with Crippen molar-refractivity contribution in [1.29, 1.82) is 0 Å². The molecule has 0 atom stereocenters. The molecular formula is C24H16N4O. The van der Waals surface area contributed by atoms with Crippen molar-refractivity contribution in [3.05, 3.63) is 90.1 Å². The molecule has 0 spiro atoms. The standard InChI is InChI=1S/C24H16N4O/c1-29-19-14-12-18(13-15-19)23-26-27-24-21(16-11-17-7-3-2-4-8-17)25-20-9-5-6-10-22(20)28(23)24/h2-10,12-15H,1H3. The van der Waals surface area contributed by atoms with Crippen molar-refractivity contribution in [2.75, 3.05) is 7.11 Å². The zero-order chi connectivity index (χ0) is 19.6. The molecule has 0 unspecified atom stereocenters. The third-order valence-electron chi connectivity index (χ3n) is 4.68. The van der Waals surface area contributed by atoms with Gasteiger partial charge >= 0.3 is 0 Å². The third-order valence-corrected chi connectivity index (χ3v) is 4.68. The first-order chi connectivity index (χ1) is 14.3. The Morgan fingerprint density at radius 1 is 0.793 bits per heavy atom. The molecule has 0 aliphatic heterocycles. The number of fused-ring (bicyclic) bond motifs is 3. The number of hydrogen-bond donors (Lipinski definition) is 0. The highest BCUT2D eigenvalue weighted by Gasteiger charge is 2.15. The predicted octanol–water partition coefficient (Wildman–Crippen LogP) is 4.35. The molecule has 0 radical (unpaired) electrons. The maximum Gasteiger partial charge on any atom is 0.196 e. The summed E-state index contributed by atoms with van der Waals surface area (Å²) in [5.41, 5.74) is 4.88. The van der Waals surface area contributed by atoms with Gasteiger partial charge in [-0.3, -0.25) is 4.40 Å². The zero-order valence-corrected chi connectivity index (χ0v) is 15.7. The maximum absolute atomic E-state index is 5.27. The molecule has 5 rings (SSSR count). The molecule has 0 aliphatic rings. The third kappa shape index (κ3) is 3.07. The highest BCUT2D eigenvalue weighted by Crippen LogP contribution is 2.25. The van der Waals surface area contributed by atoms with Gasteiger partial charge in [0, 0.05) is 11.1 Å². The predicted molar refractivity (Wildman–Crippen MR) is 113 cm³/mol. The normalized spacial score (nSPS) is 10.7. The van der Waals surface area contributed by atoms with Crippen LogP contribution in [0.4, 0.5) is 0 Å². The van der Waals surface area contributed by atoms with E-state index >= 15 is 0 Å². The van der Waals surface area contributed by atoms with E-state index in [0.29, 0.717) is 11.3 Å². The summed E-state index contributed by atoms with van der Waals surface area (Å²) in [6.07, 6.45) is 0. The Morgan fingerprint density at radius 2 is 1.55 bits per heavy atom. The highest BCUT2D eigenvalue weighted by atomic mass is 16.5. The lowest BCUT2D eigenvalue weighted by molar-refractivity contribution is 0.415. The molecule has 2 aromatic heterocycles. The van der Waals surface area contributed by atoms with Gasteiger partial charge in [0.1, 0.15) is 5.75 Å². The van der Waals surface area contributed by atoms with Crippen LogP contribution in [-0.4, -0.2) is 26.7 Å². The summed E-state index contributed by atoms with van der Waals surface area (Å²) in [5.74, 6) is 7.88. The van der Waals surface area contributed by atoms with E-state index < -0.39 is 0 Å². The summed E-state index contributed by atoms with van der Waals surface area (Å²) in [6.45, 7) is 0. The number of para-hydroxylation sites is 2. The monoisotopic (exact) mass is 376 g/mol. The Kier molecular flexibility index (Phi) is 4.15. The molecule has 5 nitrogen and oxygen atoms in total. The second kappa shape index (κ2) is 7.10. The Hall–Kier alpha value is -4.17. The lowest BCUT2D eigenvalue weighted by Crippen LogP contribution is -1.98. The minimum Gasteiger partial charge on any atom is -0.497 e. The topological polar surface area (TPSA) is 52.3 Å². The van der Waals surface area contributed by atoms with Gasteiger partial charge in [0.2, 0.25) is 0 Å². The van der Waals surface area contributed by atoms with E-state index in [1.807, 2.05) is 83.3 Å². The van der Waals surface area contributed by atoms with Gasteiger partial charge < -0.3 is 4.74 Å². The van der Waals surface area contributed by atoms with Gasteiger partial charge in [-0.05, 0) is 54.5 Å². The Balaban J connectivity index is 1.75. The molecule has 29 heavy (non-hydrogen) atoms. The molecule has 3 aromatic carbocycles. The van der Waals surface area contributed by atoms with Crippen LogP contribution in [0.3, 0.4) is 0 Å². The van der Waals surface area contributed by atoms with Gasteiger partial charge in [-0.2, -0.15) is 0 Å². The van der Waals surface area contributed by atoms with Crippen LogP contribution in [0.5, 0.6) is 5.75 Å². The van der Waals surface area contributed by atoms with Crippen LogP contribution in [0, 0.1) is 11.8 Å². The molecular weight excluding hydrogens is 360 g/mol. The molecule has 138 valence electrons. The summed E-state index contributed by atoms with van der Waals surface area (Å²) >= 11 is 0. The minimum atomic E-state index is 0.597. The van der Waals surface area contributed by atoms with Crippen LogP contribution in [0.15, 0.2) is 78.9 Å². The van der Waals surface area contributed by atoms with Crippen molar-refractivity contribution in [2.24, 2.45) is 0 Å². The highest BCUT2D eigenvalue weighted by molar-refractivity contribution is 5.82. The number of ether oxygens (including phenoxy) is 1. The Labute approximate surface area is 167 Å². The number of nitrogens with zero attached hydrogens (tertiary/aromatic N) is 4. The van der Waals surface area contributed by atoms with E-state index in [1.54, 1.807) is 7.11 Å². The second-order valence-electron chi connectivity index (χ2n) is 6.48. The molecule has 0 aliphatic carbocycles. The van der Waals surface area contributed by atoms with Crippen LogP contribution in [0.2, 0.25) is 0 Å². The molecule has 5 aromatic rings. The minimum absolute atomic E-state index is 0.597. The van der Waals surface area contributed by atoms with Crippen LogP contribution >= 0.6 is 0 Å². The maximum atomic E-state index is 5.27. The van der Waals surface area contributed by atoms with Crippen LogP contribution in [0.25, 0.3) is 28.1 Å². The van der Waals surface area contributed by atoms with Crippen molar-refractivity contribution in [3.63, 3.8) is 0 Å². The lowest BCUT2D eigenvalue weighted by atomic mass is 10.2. The largest absolute Gasteiger partial charge is 0.497 e. The fourth-order valence-electron chi connectivity index (χ4n) is 3.25. The van der Waals surface area contributed by atoms with E-state index in [2.05, 4.69) is 22.0 Å². The summed E-state index contributed by atoms with van der Waals surface area (Å²) in [6, 6.07) is 25.5. The van der Waals surface area contributed by atoms with Gasteiger partial charge in [0.05, 0.1) is 18.1 Å². The molecule has 0 saturated heterocycles. The number of hydrogen-bond acceptors (Lipinski definition) is 4. The van der Waals surface area contributed by atoms with E-state index in [0.717, 1.165) is 33.7 Å². The Bertz CT molecular complexity index is 1380.